The number of anilines is 2. The number of fused-ring (bicyclic) bond motifs is 4. The van der Waals surface area contributed by atoms with Gasteiger partial charge in [-0.3, -0.25) is 19.6 Å². The Hall–Kier alpha value is -7.30. The van der Waals surface area contributed by atoms with Gasteiger partial charge in [-0.15, -0.1) is 0 Å². The van der Waals surface area contributed by atoms with Crippen LogP contribution in [0.15, 0.2) is 180 Å². The van der Waals surface area contributed by atoms with E-state index in [-0.39, 0.29) is 23.3 Å². The first kappa shape index (κ1) is 51.6. The molecule has 2 unspecified atom stereocenters. The van der Waals surface area contributed by atoms with Gasteiger partial charge >= 0.3 is 0 Å². The molecule has 0 fully saturated rings. The monoisotopic (exact) mass is 1020 g/mol. The smallest absolute Gasteiger partial charge is 0.252 e. The highest BCUT2D eigenvalue weighted by atomic mass is 35.5. The van der Waals surface area contributed by atoms with Crippen LogP contribution in [0, 0.1) is 0 Å². The first-order valence-electron chi connectivity index (χ1n) is 25.7. The van der Waals surface area contributed by atoms with E-state index in [4.69, 9.17) is 38.9 Å². The summed E-state index contributed by atoms with van der Waals surface area (Å²) in [6, 6.07) is 53.1. The zero-order valence-corrected chi connectivity index (χ0v) is 43.2. The molecule has 9 nitrogen and oxygen atoms in total. The Morgan fingerprint density at radius 3 is 1.32 bits per heavy atom. The normalized spacial score (nSPS) is 15.4. The molecule has 2 amide bonds. The number of amides is 2. The summed E-state index contributed by atoms with van der Waals surface area (Å²) in [7, 11) is 0. The third kappa shape index (κ3) is 12.2. The molecule has 11 heteroatoms. The summed E-state index contributed by atoms with van der Waals surface area (Å²) < 4.78 is 0. The molecule has 10 rings (SSSR count). The summed E-state index contributed by atoms with van der Waals surface area (Å²) in [5, 5.41) is 25.6. The molecule has 0 spiro atoms. The molecule has 2 aliphatic heterocycles. The molecule has 2 aliphatic rings. The van der Waals surface area contributed by atoms with Crippen molar-refractivity contribution < 1.29 is 19.8 Å². The standard InChI is InChI=1S/C32H31ClN2O2.C31H30ClN3O2/c1-2-3-4-7-18-35-30-17-14-26(33)21-28(30)31(24-12-15-27(36)16-13-24)34-29(32(35)37)20-22-10-11-23-8-5-6-9-25(23)19-22;32-25-12-15-29-27(20-25)30(23-10-13-26(36)14-11-23)34-28(31(37)35(29)17-5-1-4-16-33)19-21-8-9-22-6-2-3-7-24(22)18-21/h5-6,8-17,19,21,29,36H,2-4,7,18,20H2,1H3;2-3,6-15,18,20,28,36H,1,4-5,16-17,19,33H2. The number of carbonyl (C=O) groups excluding carboxylic acids is 2. The van der Waals surface area contributed by atoms with Crippen LogP contribution in [0.4, 0.5) is 11.4 Å². The number of phenols is 2. The molecule has 8 aromatic carbocycles. The van der Waals surface area contributed by atoms with E-state index in [0.717, 1.165) is 106 Å². The molecule has 0 saturated heterocycles. The van der Waals surface area contributed by atoms with Crippen LogP contribution < -0.4 is 15.5 Å². The van der Waals surface area contributed by atoms with Crippen LogP contribution in [0.2, 0.25) is 10.0 Å². The van der Waals surface area contributed by atoms with Crippen LogP contribution in [0.3, 0.4) is 0 Å². The van der Waals surface area contributed by atoms with Crippen LogP contribution in [-0.2, 0) is 22.4 Å². The van der Waals surface area contributed by atoms with Crippen molar-refractivity contribution in [2.75, 3.05) is 29.4 Å². The van der Waals surface area contributed by atoms with Crippen LogP contribution in [-0.4, -0.2) is 65.2 Å². The molecule has 0 aromatic heterocycles. The fraction of sp³-hybridized carbons (Fsp3) is 0.238. The third-order valence-electron chi connectivity index (χ3n) is 13.8. The summed E-state index contributed by atoms with van der Waals surface area (Å²) in [6.45, 7) is 4.05. The van der Waals surface area contributed by atoms with Gasteiger partial charge < -0.3 is 25.7 Å². The van der Waals surface area contributed by atoms with Gasteiger partial charge in [0, 0.05) is 58.2 Å². The Kier molecular flexibility index (Phi) is 16.8. The Balaban J connectivity index is 0.000000182. The first-order chi connectivity index (χ1) is 36.1. The zero-order chi connectivity index (χ0) is 51.6. The topological polar surface area (TPSA) is 132 Å². The quantitative estimate of drug-likeness (QED) is 0.0830. The number of benzene rings is 8. The summed E-state index contributed by atoms with van der Waals surface area (Å²) >= 11 is 12.9. The van der Waals surface area contributed by atoms with Crippen LogP contribution in [0.1, 0.15) is 85.3 Å². The zero-order valence-electron chi connectivity index (χ0n) is 41.6. The first-order valence-corrected chi connectivity index (χ1v) is 26.4. The lowest BCUT2D eigenvalue weighted by Crippen LogP contribution is -2.39. The predicted octanol–water partition coefficient (Wildman–Crippen LogP) is 13.7. The third-order valence-corrected chi connectivity index (χ3v) is 14.2. The van der Waals surface area contributed by atoms with Gasteiger partial charge in [0.15, 0.2) is 0 Å². The lowest BCUT2D eigenvalue weighted by atomic mass is 9.99. The van der Waals surface area contributed by atoms with Gasteiger partial charge in [0.2, 0.25) is 0 Å². The van der Waals surface area contributed by atoms with E-state index in [2.05, 4.69) is 67.6 Å². The number of hydrogen-bond acceptors (Lipinski definition) is 7. The number of halogens is 2. The highest BCUT2D eigenvalue weighted by Gasteiger charge is 2.34. The van der Waals surface area contributed by atoms with Gasteiger partial charge in [-0.05, 0) is 143 Å². The number of nitrogens with two attached hydrogens (primary N) is 1. The fourth-order valence-corrected chi connectivity index (χ4v) is 10.3. The molecule has 0 radical (unpaired) electrons. The largest absolute Gasteiger partial charge is 0.508 e. The van der Waals surface area contributed by atoms with Crippen molar-refractivity contribution in [1.82, 2.24) is 0 Å². The van der Waals surface area contributed by atoms with Crippen molar-refractivity contribution in [2.45, 2.75) is 76.8 Å². The molecule has 2 atom stereocenters. The molecule has 0 saturated carbocycles. The number of unbranched alkanes of at least 4 members (excludes halogenated alkanes) is 5. The highest BCUT2D eigenvalue weighted by Crippen LogP contribution is 2.35. The number of aliphatic imine (C=N–C) groups is 2. The average Bonchev–Trinajstić information content (AvgIpc) is 3.59. The second-order valence-electron chi connectivity index (χ2n) is 19.1. The van der Waals surface area contributed by atoms with Gasteiger partial charge in [-0.25, -0.2) is 0 Å². The van der Waals surface area contributed by atoms with Crippen molar-refractivity contribution in [2.24, 2.45) is 15.7 Å². The minimum atomic E-state index is -0.606. The molecule has 74 heavy (non-hydrogen) atoms. The lowest BCUT2D eigenvalue weighted by Gasteiger charge is -2.25. The van der Waals surface area contributed by atoms with Gasteiger partial charge in [0.25, 0.3) is 11.8 Å². The number of nitrogens with zero attached hydrogens (tertiary/aromatic N) is 4. The van der Waals surface area contributed by atoms with E-state index >= 15 is 0 Å². The van der Waals surface area contributed by atoms with E-state index < -0.39 is 12.1 Å². The SMILES string of the molecule is CCCCCCN1C(=O)C(Cc2ccc3ccccc3c2)N=C(c2ccc(O)cc2)c2cc(Cl)ccc21.NCCCCCN1C(=O)C(Cc2ccc3ccccc3c2)N=C(c2ccc(O)cc2)c2cc(Cl)ccc21. The van der Waals surface area contributed by atoms with Gasteiger partial charge in [0.1, 0.15) is 23.6 Å². The maximum atomic E-state index is 14.1. The van der Waals surface area contributed by atoms with E-state index in [1.165, 1.54) is 5.39 Å². The van der Waals surface area contributed by atoms with Crippen molar-refractivity contribution in [3.8, 4) is 11.5 Å². The van der Waals surface area contributed by atoms with Gasteiger partial charge in [0.05, 0.1) is 22.8 Å². The summed E-state index contributed by atoms with van der Waals surface area (Å²) in [5.41, 5.74) is 14.2. The lowest BCUT2D eigenvalue weighted by molar-refractivity contribution is -0.120. The number of benzodiazepines with no additional fused rings is 2. The van der Waals surface area contributed by atoms with Crippen molar-refractivity contribution in [3.63, 3.8) is 0 Å². The second kappa shape index (κ2) is 24.2. The van der Waals surface area contributed by atoms with E-state index in [1.54, 1.807) is 24.3 Å². The average molecular weight is 1020 g/mol. The number of aromatic hydroxyl groups is 2. The summed E-state index contributed by atoms with van der Waals surface area (Å²) in [4.78, 5) is 42.1. The van der Waals surface area contributed by atoms with Crippen molar-refractivity contribution in [3.05, 3.63) is 213 Å². The number of carbonyl (C=O) groups is 2. The molecule has 4 N–H and O–H groups in total. The predicted molar refractivity (Wildman–Crippen MR) is 305 cm³/mol. The van der Waals surface area contributed by atoms with Crippen molar-refractivity contribution >= 4 is 79.4 Å². The Bertz CT molecular complexity index is 3120. The van der Waals surface area contributed by atoms with Crippen LogP contribution >= 0.6 is 23.2 Å². The molecule has 0 aliphatic carbocycles. The minimum Gasteiger partial charge on any atom is -0.508 e. The molecular weight excluding hydrogens is 962 g/mol. The van der Waals surface area contributed by atoms with Crippen LogP contribution in [0.25, 0.3) is 21.5 Å². The number of rotatable bonds is 16. The molecule has 2 heterocycles. The second-order valence-corrected chi connectivity index (χ2v) is 19.9. The Morgan fingerprint density at radius 1 is 0.486 bits per heavy atom. The van der Waals surface area contributed by atoms with Crippen LogP contribution in [0.5, 0.6) is 11.5 Å². The maximum Gasteiger partial charge on any atom is 0.252 e. The Morgan fingerprint density at radius 2 is 0.905 bits per heavy atom. The molecular formula is C63H61Cl2N5O4. The Labute approximate surface area is 443 Å². The minimum absolute atomic E-state index is 0.00186. The van der Waals surface area contributed by atoms with Gasteiger partial charge in [-0.1, -0.05) is 141 Å². The maximum absolute atomic E-state index is 14.1. The van der Waals surface area contributed by atoms with E-state index in [1.807, 2.05) is 94.7 Å². The molecule has 8 aromatic rings. The van der Waals surface area contributed by atoms with E-state index in [9.17, 15) is 19.8 Å². The van der Waals surface area contributed by atoms with Gasteiger partial charge in [-0.2, -0.15) is 0 Å². The number of hydrogen-bond donors (Lipinski definition) is 3. The molecule has 376 valence electrons. The fourth-order valence-electron chi connectivity index (χ4n) is 9.92. The highest BCUT2D eigenvalue weighted by molar-refractivity contribution is 6.32. The summed E-state index contributed by atoms with van der Waals surface area (Å²) in [6.07, 6.45) is 7.98. The number of phenolic OH excluding ortho intramolecular Hbond substituents is 2. The molecule has 0 bridgehead atoms. The van der Waals surface area contributed by atoms with E-state index in [0.29, 0.717) is 53.9 Å². The van der Waals surface area contributed by atoms with Crippen molar-refractivity contribution in [1.29, 1.82) is 0 Å². The summed E-state index contributed by atoms with van der Waals surface area (Å²) in [5.74, 6) is 0.334.